The maximum Gasteiger partial charge on any atom is 0.227 e. The average Bonchev–Trinajstić information content (AvgIpc) is 3.21. The monoisotopic (exact) mass is 346 g/mol. The Kier molecular flexibility index (Phi) is 4.75. The van der Waals surface area contributed by atoms with Crippen LogP contribution in [0.2, 0.25) is 0 Å². The van der Waals surface area contributed by atoms with E-state index in [1.807, 2.05) is 24.3 Å². The molecule has 2 aromatic rings. The second-order valence-electron chi connectivity index (χ2n) is 5.45. The summed E-state index contributed by atoms with van der Waals surface area (Å²) in [6, 6.07) is 7.40. The number of amides is 2. The summed E-state index contributed by atoms with van der Waals surface area (Å²) in [6.45, 7) is 2.33. The number of benzene rings is 1. The minimum absolute atomic E-state index is 0.00983. The third-order valence-electron chi connectivity index (χ3n) is 3.87. The van der Waals surface area contributed by atoms with Crippen molar-refractivity contribution < 1.29 is 14.3 Å². The molecule has 3 rings (SSSR count). The summed E-state index contributed by atoms with van der Waals surface area (Å²) in [5, 5.41) is 12.1. The Morgan fingerprint density at radius 3 is 2.79 bits per heavy atom. The van der Waals surface area contributed by atoms with Crippen LogP contribution in [0.4, 0.5) is 10.8 Å². The molecule has 1 saturated heterocycles. The molecule has 1 aliphatic rings. The van der Waals surface area contributed by atoms with Crippen molar-refractivity contribution in [1.82, 2.24) is 10.2 Å². The Bertz CT molecular complexity index is 744. The van der Waals surface area contributed by atoms with Crippen LogP contribution in [0, 0.1) is 0 Å². The van der Waals surface area contributed by atoms with Gasteiger partial charge >= 0.3 is 0 Å². The quantitative estimate of drug-likeness (QED) is 0.899. The molecule has 0 radical (unpaired) electrons. The van der Waals surface area contributed by atoms with Gasteiger partial charge in [-0.2, -0.15) is 0 Å². The molecule has 24 heavy (non-hydrogen) atoms. The molecule has 2 amide bonds. The van der Waals surface area contributed by atoms with E-state index in [-0.39, 0.29) is 17.7 Å². The van der Waals surface area contributed by atoms with Gasteiger partial charge in [0, 0.05) is 31.0 Å². The highest BCUT2D eigenvalue weighted by Crippen LogP contribution is 2.34. The predicted octanol–water partition coefficient (Wildman–Crippen LogP) is 2.42. The molecule has 8 heteroatoms. The molecular weight excluding hydrogens is 328 g/mol. The van der Waals surface area contributed by atoms with Crippen LogP contribution in [-0.2, 0) is 9.59 Å². The van der Waals surface area contributed by atoms with Crippen molar-refractivity contribution in [2.45, 2.75) is 25.7 Å². The van der Waals surface area contributed by atoms with Crippen LogP contribution in [0.5, 0.6) is 5.75 Å². The van der Waals surface area contributed by atoms with Gasteiger partial charge in [0.1, 0.15) is 10.8 Å². The van der Waals surface area contributed by atoms with E-state index in [0.717, 1.165) is 16.4 Å². The van der Waals surface area contributed by atoms with Crippen molar-refractivity contribution >= 4 is 34.0 Å². The van der Waals surface area contributed by atoms with Crippen molar-refractivity contribution in [3.8, 4) is 5.75 Å². The first kappa shape index (κ1) is 16.4. The minimum atomic E-state index is -0.0972. The number of nitrogens with zero attached hydrogens (tertiary/aromatic N) is 3. The van der Waals surface area contributed by atoms with Crippen molar-refractivity contribution in [2.24, 2.45) is 0 Å². The lowest BCUT2D eigenvalue weighted by atomic mass is 10.1. The lowest BCUT2D eigenvalue weighted by molar-refractivity contribution is -0.117. The lowest BCUT2D eigenvalue weighted by Crippen LogP contribution is -2.24. The number of rotatable bonds is 5. The van der Waals surface area contributed by atoms with Crippen molar-refractivity contribution in [1.29, 1.82) is 0 Å². The molecular formula is C16H18N4O3S. The largest absolute Gasteiger partial charge is 0.497 e. The van der Waals surface area contributed by atoms with Crippen LogP contribution >= 0.6 is 11.3 Å². The van der Waals surface area contributed by atoms with Crippen LogP contribution in [0.15, 0.2) is 24.3 Å². The number of nitrogens with one attached hydrogen (secondary N) is 1. The molecule has 7 nitrogen and oxygen atoms in total. The van der Waals surface area contributed by atoms with Gasteiger partial charge in [-0.05, 0) is 24.3 Å². The average molecular weight is 346 g/mol. The summed E-state index contributed by atoms with van der Waals surface area (Å²) in [5.74, 6) is 0.700. The van der Waals surface area contributed by atoms with Crippen molar-refractivity contribution in [3.63, 3.8) is 0 Å². The van der Waals surface area contributed by atoms with Crippen molar-refractivity contribution in [2.75, 3.05) is 23.9 Å². The fourth-order valence-electron chi connectivity index (χ4n) is 2.54. The first-order chi connectivity index (χ1) is 11.6. The first-order valence-electron chi connectivity index (χ1n) is 7.68. The second kappa shape index (κ2) is 6.96. The molecule has 1 aromatic heterocycles. The number of aromatic nitrogens is 2. The second-order valence-corrected chi connectivity index (χ2v) is 6.46. The van der Waals surface area contributed by atoms with Gasteiger partial charge in [0.2, 0.25) is 16.9 Å². The zero-order chi connectivity index (χ0) is 17.1. The van der Waals surface area contributed by atoms with E-state index >= 15 is 0 Å². The van der Waals surface area contributed by atoms with Crippen LogP contribution in [-0.4, -0.2) is 35.7 Å². The highest BCUT2D eigenvalue weighted by Gasteiger charge is 2.33. The van der Waals surface area contributed by atoms with Crippen LogP contribution in [0.25, 0.3) is 0 Å². The first-order valence-corrected chi connectivity index (χ1v) is 8.50. The van der Waals surface area contributed by atoms with Gasteiger partial charge in [0.15, 0.2) is 0 Å². The SMILES string of the molecule is CCC(=O)Nc1nnc([C@@H]2CC(=O)N(c3ccc(OC)cc3)C2)s1. The molecule has 0 spiro atoms. The van der Waals surface area contributed by atoms with E-state index in [2.05, 4.69) is 15.5 Å². The fraction of sp³-hybridized carbons (Fsp3) is 0.375. The molecule has 126 valence electrons. The smallest absolute Gasteiger partial charge is 0.227 e. The van der Waals surface area contributed by atoms with Gasteiger partial charge in [-0.15, -0.1) is 10.2 Å². The van der Waals surface area contributed by atoms with E-state index in [4.69, 9.17) is 4.74 Å². The Labute approximate surface area is 143 Å². The van der Waals surface area contributed by atoms with E-state index in [9.17, 15) is 9.59 Å². The summed E-state index contributed by atoms with van der Waals surface area (Å²) in [7, 11) is 1.61. The van der Waals surface area contributed by atoms with Gasteiger partial charge in [-0.25, -0.2) is 0 Å². The molecule has 1 N–H and O–H groups in total. The predicted molar refractivity (Wildman–Crippen MR) is 91.5 cm³/mol. The molecule has 0 unspecified atom stereocenters. The number of anilines is 2. The van der Waals surface area contributed by atoms with Crippen LogP contribution in [0.1, 0.15) is 30.7 Å². The molecule has 0 bridgehead atoms. The Balaban J connectivity index is 1.71. The standard InChI is InChI=1S/C16H18N4O3S/c1-3-13(21)17-16-19-18-15(24-16)10-8-14(22)20(9-10)11-4-6-12(23-2)7-5-11/h4-7,10H,3,8-9H2,1-2H3,(H,17,19,21)/t10-/m1/s1. The molecule has 1 fully saturated rings. The van der Waals surface area contributed by atoms with Gasteiger partial charge < -0.3 is 15.0 Å². The van der Waals surface area contributed by atoms with Crippen LogP contribution < -0.4 is 15.0 Å². The van der Waals surface area contributed by atoms with Gasteiger partial charge in [0.05, 0.1) is 7.11 Å². The summed E-state index contributed by atoms with van der Waals surface area (Å²) < 4.78 is 5.14. The molecule has 0 aliphatic carbocycles. The number of hydrogen-bond acceptors (Lipinski definition) is 6. The number of methoxy groups -OCH3 is 1. The van der Waals surface area contributed by atoms with Gasteiger partial charge in [-0.3, -0.25) is 9.59 Å². The Hall–Kier alpha value is -2.48. The van der Waals surface area contributed by atoms with E-state index in [0.29, 0.717) is 24.5 Å². The van der Waals surface area contributed by atoms with E-state index in [1.54, 1.807) is 18.9 Å². The van der Waals surface area contributed by atoms with Gasteiger partial charge in [-0.1, -0.05) is 18.3 Å². The normalized spacial score (nSPS) is 17.2. The maximum absolute atomic E-state index is 12.3. The maximum atomic E-state index is 12.3. The third kappa shape index (κ3) is 3.38. The molecule has 1 atom stereocenters. The number of hydrogen-bond donors (Lipinski definition) is 1. The minimum Gasteiger partial charge on any atom is -0.497 e. The lowest BCUT2D eigenvalue weighted by Gasteiger charge is -2.16. The topological polar surface area (TPSA) is 84.4 Å². The molecule has 1 aliphatic heterocycles. The summed E-state index contributed by atoms with van der Waals surface area (Å²) in [4.78, 5) is 25.5. The van der Waals surface area contributed by atoms with E-state index in [1.165, 1.54) is 11.3 Å². The highest BCUT2D eigenvalue weighted by molar-refractivity contribution is 7.15. The van der Waals surface area contributed by atoms with E-state index < -0.39 is 0 Å². The Morgan fingerprint density at radius 1 is 1.38 bits per heavy atom. The summed E-state index contributed by atoms with van der Waals surface area (Å²) in [6.07, 6.45) is 0.782. The number of carbonyl (C=O) groups is 2. The highest BCUT2D eigenvalue weighted by atomic mass is 32.1. The van der Waals surface area contributed by atoms with Crippen molar-refractivity contribution in [3.05, 3.63) is 29.3 Å². The zero-order valence-electron chi connectivity index (χ0n) is 13.5. The third-order valence-corrected chi connectivity index (χ3v) is 4.87. The van der Waals surface area contributed by atoms with Crippen LogP contribution in [0.3, 0.4) is 0 Å². The van der Waals surface area contributed by atoms with Gasteiger partial charge in [0.25, 0.3) is 0 Å². The Morgan fingerprint density at radius 2 is 2.12 bits per heavy atom. The fourth-order valence-corrected chi connectivity index (χ4v) is 3.39. The summed E-state index contributed by atoms with van der Waals surface area (Å²) >= 11 is 1.33. The molecule has 1 aromatic carbocycles. The summed E-state index contributed by atoms with van der Waals surface area (Å²) in [5.41, 5.74) is 0.840. The zero-order valence-corrected chi connectivity index (χ0v) is 14.3. The number of carbonyl (C=O) groups excluding carboxylic acids is 2. The molecule has 0 saturated carbocycles. The molecule has 2 heterocycles. The number of ether oxygens (including phenoxy) is 1.